The van der Waals surface area contributed by atoms with Crippen LogP contribution in [0.1, 0.15) is 51.4 Å². The third-order valence-corrected chi connectivity index (χ3v) is 7.74. The second kappa shape index (κ2) is 6.81. The molecule has 2 rings (SSSR count). The van der Waals surface area contributed by atoms with E-state index < -0.39 is 9.84 Å². The van der Waals surface area contributed by atoms with Crippen molar-refractivity contribution in [1.82, 2.24) is 0 Å². The van der Waals surface area contributed by atoms with E-state index in [1.54, 1.807) is 0 Å². The lowest BCUT2D eigenvalue weighted by molar-refractivity contribution is 0.106. The fraction of sp³-hybridized carbons (Fsp3) is 1.00. The fourth-order valence-electron chi connectivity index (χ4n) is 3.35. The molecule has 0 radical (unpaired) electrons. The van der Waals surface area contributed by atoms with Gasteiger partial charge in [0.25, 0.3) is 0 Å². The molecule has 0 saturated heterocycles. The minimum Gasteiger partial charge on any atom is -0.392 e. The van der Waals surface area contributed by atoms with Crippen molar-refractivity contribution in [1.29, 1.82) is 0 Å². The topological polar surface area (TPSA) is 54.4 Å². The van der Waals surface area contributed by atoms with Crippen LogP contribution in [0.2, 0.25) is 0 Å². The smallest absolute Gasteiger partial charge is 0.150 e. The van der Waals surface area contributed by atoms with Crippen LogP contribution in [0.4, 0.5) is 0 Å². The summed E-state index contributed by atoms with van der Waals surface area (Å²) in [5.41, 5.74) is 0. The van der Waals surface area contributed by atoms with E-state index in [-0.39, 0.29) is 17.3 Å². The minimum atomic E-state index is -2.94. The Morgan fingerprint density at radius 1 is 1.16 bits per heavy atom. The Kier molecular flexibility index (Phi) is 5.61. The summed E-state index contributed by atoms with van der Waals surface area (Å²) < 4.78 is 23.3. The monoisotopic (exact) mass is 306 g/mol. The van der Waals surface area contributed by atoms with Gasteiger partial charge in [-0.2, -0.15) is 11.8 Å². The normalized spacial score (nSPS) is 31.5. The molecule has 19 heavy (non-hydrogen) atoms. The van der Waals surface area contributed by atoms with Gasteiger partial charge in [-0.25, -0.2) is 8.42 Å². The van der Waals surface area contributed by atoms with Gasteiger partial charge in [-0.15, -0.1) is 0 Å². The quantitative estimate of drug-likeness (QED) is 0.848. The molecule has 3 atom stereocenters. The van der Waals surface area contributed by atoms with Gasteiger partial charge >= 0.3 is 0 Å². The van der Waals surface area contributed by atoms with Gasteiger partial charge in [-0.1, -0.05) is 19.3 Å². The van der Waals surface area contributed by atoms with Crippen LogP contribution in [0.5, 0.6) is 0 Å². The van der Waals surface area contributed by atoms with Gasteiger partial charge in [-0.3, -0.25) is 0 Å². The number of hydrogen-bond acceptors (Lipinski definition) is 4. The van der Waals surface area contributed by atoms with Crippen LogP contribution in [-0.2, 0) is 9.84 Å². The zero-order valence-electron chi connectivity index (χ0n) is 11.8. The first-order valence-electron chi connectivity index (χ1n) is 7.45. The average Bonchev–Trinajstić information content (AvgIpc) is 2.88. The molecule has 0 aromatic heterocycles. The highest BCUT2D eigenvalue weighted by molar-refractivity contribution is 7.99. The molecular formula is C14H26O3S2. The largest absolute Gasteiger partial charge is 0.392 e. The maximum atomic E-state index is 11.6. The summed E-state index contributed by atoms with van der Waals surface area (Å²) in [6.07, 6.45) is 9.59. The molecule has 2 aliphatic carbocycles. The third-order valence-electron chi connectivity index (χ3n) is 4.62. The van der Waals surface area contributed by atoms with Gasteiger partial charge in [0.1, 0.15) is 9.84 Å². The lowest BCUT2D eigenvalue weighted by atomic mass is 9.85. The fourth-order valence-corrected chi connectivity index (χ4v) is 5.94. The van der Waals surface area contributed by atoms with Gasteiger partial charge in [0.15, 0.2) is 0 Å². The van der Waals surface area contributed by atoms with Crippen molar-refractivity contribution in [2.45, 2.75) is 68.0 Å². The van der Waals surface area contributed by atoms with Crippen molar-refractivity contribution in [3.8, 4) is 0 Å². The molecule has 3 unspecified atom stereocenters. The summed E-state index contributed by atoms with van der Waals surface area (Å²) in [5, 5.41) is 10.8. The van der Waals surface area contributed by atoms with E-state index in [0.717, 1.165) is 30.3 Å². The summed E-state index contributed by atoms with van der Waals surface area (Å²) in [5.74, 6) is 0.966. The van der Waals surface area contributed by atoms with Crippen LogP contribution in [0, 0.1) is 5.92 Å². The Bertz CT molecular complexity index is 374. The predicted molar refractivity (Wildman–Crippen MR) is 81.3 cm³/mol. The van der Waals surface area contributed by atoms with Crippen molar-refractivity contribution < 1.29 is 13.5 Å². The van der Waals surface area contributed by atoms with E-state index in [2.05, 4.69) is 0 Å². The van der Waals surface area contributed by atoms with Gasteiger partial charge in [0.05, 0.1) is 11.4 Å². The van der Waals surface area contributed by atoms with Crippen LogP contribution >= 0.6 is 11.8 Å². The highest BCUT2D eigenvalue weighted by atomic mass is 32.2. The number of sulfone groups is 1. The first-order chi connectivity index (χ1) is 8.97. The zero-order chi connectivity index (χ0) is 13.9. The molecule has 112 valence electrons. The van der Waals surface area contributed by atoms with Crippen molar-refractivity contribution >= 4 is 21.6 Å². The molecule has 2 aliphatic rings. The summed E-state index contributed by atoms with van der Waals surface area (Å²) in [4.78, 5) is 0. The van der Waals surface area contributed by atoms with Crippen molar-refractivity contribution in [2.24, 2.45) is 5.92 Å². The summed E-state index contributed by atoms with van der Waals surface area (Å²) in [6, 6.07) is 0. The molecule has 0 spiro atoms. The van der Waals surface area contributed by atoms with Crippen molar-refractivity contribution in [3.05, 3.63) is 0 Å². The van der Waals surface area contributed by atoms with E-state index in [1.807, 2.05) is 11.8 Å². The zero-order valence-corrected chi connectivity index (χ0v) is 13.4. The Morgan fingerprint density at radius 2 is 1.84 bits per heavy atom. The van der Waals surface area contributed by atoms with E-state index in [0.29, 0.717) is 6.42 Å². The maximum absolute atomic E-state index is 11.6. The van der Waals surface area contributed by atoms with E-state index in [9.17, 15) is 13.5 Å². The third kappa shape index (κ3) is 4.64. The predicted octanol–water partition coefficient (Wildman–Crippen LogP) is 2.63. The lowest BCUT2D eigenvalue weighted by Gasteiger charge is -2.31. The molecule has 0 bridgehead atoms. The molecule has 0 aromatic rings. The molecule has 2 fully saturated rings. The molecule has 0 amide bonds. The minimum absolute atomic E-state index is 0.183. The molecule has 0 aliphatic heterocycles. The van der Waals surface area contributed by atoms with Crippen LogP contribution < -0.4 is 0 Å². The van der Waals surface area contributed by atoms with Gasteiger partial charge < -0.3 is 5.11 Å². The van der Waals surface area contributed by atoms with Gasteiger partial charge in [0, 0.05) is 17.3 Å². The van der Waals surface area contributed by atoms with E-state index in [4.69, 9.17) is 0 Å². The van der Waals surface area contributed by atoms with Gasteiger partial charge in [-0.05, 0) is 38.0 Å². The van der Waals surface area contributed by atoms with Crippen LogP contribution in [0.25, 0.3) is 0 Å². The molecule has 0 heterocycles. The molecule has 5 heteroatoms. The number of aliphatic hydroxyl groups is 1. The van der Waals surface area contributed by atoms with E-state index >= 15 is 0 Å². The molecule has 2 saturated carbocycles. The second-order valence-corrected chi connectivity index (χ2v) is 9.84. The van der Waals surface area contributed by atoms with Crippen molar-refractivity contribution in [2.75, 3.05) is 12.0 Å². The second-order valence-electron chi connectivity index (χ2n) is 6.19. The van der Waals surface area contributed by atoms with Gasteiger partial charge in [0.2, 0.25) is 0 Å². The first-order valence-corrected chi connectivity index (χ1v) is 10.5. The Labute approximate surface area is 121 Å². The van der Waals surface area contributed by atoms with E-state index in [1.165, 1.54) is 31.9 Å². The summed E-state index contributed by atoms with van der Waals surface area (Å²) in [7, 11) is -2.94. The number of aliphatic hydroxyl groups excluding tert-OH is 1. The van der Waals surface area contributed by atoms with Crippen molar-refractivity contribution in [3.63, 3.8) is 0 Å². The molecule has 0 aromatic carbocycles. The number of rotatable bonds is 5. The van der Waals surface area contributed by atoms with Crippen LogP contribution in [0.3, 0.4) is 0 Å². The maximum Gasteiger partial charge on any atom is 0.150 e. The standard InChI is InChI=1S/C14H26O3S2/c1-19(16,17)13-8-4-5-11(9-13)14(15)10-18-12-6-2-3-7-12/h11-15H,2-10H2,1H3. The van der Waals surface area contributed by atoms with Crippen LogP contribution in [-0.4, -0.2) is 42.1 Å². The Hall–Kier alpha value is 0.260. The number of thioether (sulfide) groups is 1. The van der Waals surface area contributed by atoms with Crippen LogP contribution in [0.15, 0.2) is 0 Å². The molecular weight excluding hydrogens is 280 g/mol. The molecule has 3 nitrogen and oxygen atoms in total. The summed E-state index contributed by atoms with van der Waals surface area (Å²) in [6.45, 7) is 0. The Morgan fingerprint density at radius 3 is 2.47 bits per heavy atom. The summed E-state index contributed by atoms with van der Waals surface area (Å²) >= 11 is 1.90. The lowest BCUT2D eigenvalue weighted by Crippen LogP contribution is -2.34. The SMILES string of the molecule is CS(=O)(=O)C1CCCC(C(O)CSC2CCCC2)C1. The highest BCUT2D eigenvalue weighted by Gasteiger charge is 2.32. The number of hydrogen-bond donors (Lipinski definition) is 1. The molecule has 1 N–H and O–H groups in total. The highest BCUT2D eigenvalue weighted by Crippen LogP contribution is 2.34. The average molecular weight is 306 g/mol. The Balaban J connectivity index is 1.79. The first kappa shape index (κ1) is 15.6.